The molecule has 4 aromatic rings. The number of benzene rings is 2. The van der Waals surface area contributed by atoms with Crippen molar-refractivity contribution in [2.45, 2.75) is 0 Å². The van der Waals surface area contributed by atoms with Gasteiger partial charge in [0.2, 0.25) is 0 Å². The van der Waals surface area contributed by atoms with Gasteiger partial charge in [-0.05, 0) is 36.4 Å². The second-order valence-electron chi connectivity index (χ2n) is 7.87. The fourth-order valence-electron chi connectivity index (χ4n) is 4.09. The van der Waals surface area contributed by atoms with E-state index < -0.39 is 0 Å². The Hall–Kier alpha value is -3.76. The van der Waals surface area contributed by atoms with Gasteiger partial charge in [0.25, 0.3) is 5.91 Å². The lowest BCUT2D eigenvalue weighted by Gasteiger charge is -2.35. The van der Waals surface area contributed by atoms with Crippen molar-refractivity contribution in [3.8, 4) is 17.3 Å². The molecule has 162 valence electrons. The highest BCUT2D eigenvalue weighted by Gasteiger charge is 2.25. The summed E-state index contributed by atoms with van der Waals surface area (Å²) in [4.78, 5) is 26.8. The third-order valence-corrected chi connectivity index (χ3v) is 6.38. The van der Waals surface area contributed by atoms with Gasteiger partial charge in [0.1, 0.15) is 5.82 Å². The van der Waals surface area contributed by atoms with Crippen molar-refractivity contribution in [3.05, 3.63) is 88.5 Å². The first-order valence-electron chi connectivity index (χ1n) is 10.7. The fraction of sp³-hybridized carbons (Fsp3) is 0.154. The smallest absolute Gasteiger partial charge is 0.254 e. The molecule has 6 nitrogen and oxygen atoms in total. The number of aromatic nitrogens is 2. The Kier molecular flexibility index (Phi) is 5.76. The van der Waals surface area contributed by atoms with Gasteiger partial charge < -0.3 is 9.80 Å². The van der Waals surface area contributed by atoms with Crippen LogP contribution >= 0.6 is 15.9 Å². The molecule has 0 unspecified atom stereocenters. The van der Waals surface area contributed by atoms with Crippen LogP contribution in [-0.4, -0.2) is 47.0 Å². The molecule has 0 bridgehead atoms. The molecule has 2 aromatic heterocycles. The second kappa shape index (κ2) is 9.00. The Bertz CT molecular complexity index is 1370. The minimum absolute atomic E-state index is 0.00495. The number of nitrogens with zero attached hydrogens (tertiary/aromatic N) is 5. The molecule has 1 amide bonds. The zero-order chi connectivity index (χ0) is 22.8. The molecular formula is C26H20BrN5O. The molecule has 1 aliphatic rings. The molecule has 5 rings (SSSR count). The third kappa shape index (κ3) is 4.30. The standard InChI is InChI=1S/C26H20BrN5O/c27-20-7-5-19(6-8-20)24-16-22(21-3-1-2-4-23(21)30-24)26(33)32-13-11-31(12-14-32)25-15-18(17-28)9-10-29-25/h1-10,15-16H,11-14H2. The van der Waals surface area contributed by atoms with Gasteiger partial charge in [-0.3, -0.25) is 4.79 Å². The van der Waals surface area contributed by atoms with E-state index in [-0.39, 0.29) is 5.91 Å². The molecule has 1 saturated heterocycles. The van der Waals surface area contributed by atoms with Crippen LogP contribution in [0, 0.1) is 11.3 Å². The van der Waals surface area contributed by atoms with E-state index in [1.54, 1.807) is 18.3 Å². The summed E-state index contributed by atoms with van der Waals surface area (Å²) in [7, 11) is 0. The Morgan fingerprint density at radius 1 is 0.970 bits per heavy atom. The van der Waals surface area contributed by atoms with Gasteiger partial charge in [0.05, 0.1) is 28.4 Å². The van der Waals surface area contributed by atoms with Crippen LogP contribution in [-0.2, 0) is 0 Å². The van der Waals surface area contributed by atoms with E-state index in [1.165, 1.54) is 0 Å². The monoisotopic (exact) mass is 497 g/mol. The number of hydrogen-bond donors (Lipinski definition) is 0. The first kappa shape index (κ1) is 21.1. The SMILES string of the molecule is N#Cc1ccnc(N2CCN(C(=O)c3cc(-c4ccc(Br)cc4)nc4ccccc34)CC2)c1. The summed E-state index contributed by atoms with van der Waals surface area (Å²) in [5, 5.41) is 10.0. The summed E-state index contributed by atoms with van der Waals surface area (Å²) in [6.07, 6.45) is 1.65. The van der Waals surface area contributed by atoms with Crippen LogP contribution in [0.3, 0.4) is 0 Å². The van der Waals surface area contributed by atoms with Crippen LogP contribution in [0.1, 0.15) is 15.9 Å². The first-order chi connectivity index (χ1) is 16.1. The molecule has 0 aliphatic carbocycles. The van der Waals surface area contributed by atoms with Crippen molar-refractivity contribution in [2.24, 2.45) is 0 Å². The molecule has 1 fully saturated rings. The van der Waals surface area contributed by atoms with Gasteiger partial charge in [-0.1, -0.05) is 46.3 Å². The molecular weight excluding hydrogens is 478 g/mol. The molecule has 7 heteroatoms. The number of nitriles is 1. The first-order valence-corrected chi connectivity index (χ1v) is 11.5. The van der Waals surface area contributed by atoms with Crippen molar-refractivity contribution in [3.63, 3.8) is 0 Å². The predicted molar refractivity (Wildman–Crippen MR) is 132 cm³/mol. The Balaban J connectivity index is 1.42. The average Bonchev–Trinajstić information content (AvgIpc) is 2.88. The highest BCUT2D eigenvalue weighted by atomic mass is 79.9. The number of para-hydroxylation sites is 1. The van der Waals surface area contributed by atoms with E-state index in [1.807, 2.05) is 59.5 Å². The lowest BCUT2D eigenvalue weighted by molar-refractivity contribution is 0.0748. The van der Waals surface area contributed by atoms with Gasteiger partial charge in [0.15, 0.2) is 0 Å². The highest BCUT2D eigenvalue weighted by Crippen LogP contribution is 2.27. The topological polar surface area (TPSA) is 73.1 Å². The van der Waals surface area contributed by atoms with Crippen molar-refractivity contribution >= 4 is 38.6 Å². The molecule has 2 aromatic carbocycles. The quantitative estimate of drug-likeness (QED) is 0.402. The largest absolute Gasteiger partial charge is 0.353 e. The zero-order valence-corrected chi connectivity index (χ0v) is 19.4. The van der Waals surface area contributed by atoms with E-state index in [0.29, 0.717) is 37.3 Å². The molecule has 33 heavy (non-hydrogen) atoms. The van der Waals surface area contributed by atoms with E-state index in [9.17, 15) is 4.79 Å². The minimum Gasteiger partial charge on any atom is -0.353 e. The van der Waals surface area contributed by atoms with Crippen LogP contribution in [0.5, 0.6) is 0 Å². The molecule has 0 saturated carbocycles. The van der Waals surface area contributed by atoms with Gasteiger partial charge >= 0.3 is 0 Å². The van der Waals surface area contributed by atoms with E-state index >= 15 is 0 Å². The summed E-state index contributed by atoms with van der Waals surface area (Å²) in [6, 6.07) is 23.3. The number of halogens is 1. The molecule has 3 heterocycles. The van der Waals surface area contributed by atoms with Crippen molar-refractivity contribution in [1.82, 2.24) is 14.9 Å². The number of carbonyl (C=O) groups is 1. The molecule has 0 radical (unpaired) electrons. The fourth-order valence-corrected chi connectivity index (χ4v) is 4.36. The molecule has 0 N–H and O–H groups in total. The maximum absolute atomic E-state index is 13.6. The van der Waals surface area contributed by atoms with Crippen molar-refractivity contribution < 1.29 is 4.79 Å². The zero-order valence-electron chi connectivity index (χ0n) is 17.8. The Morgan fingerprint density at radius 2 is 1.73 bits per heavy atom. The van der Waals surface area contributed by atoms with E-state index in [2.05, 4.69) is 31.9 Å². The number of hydrogen-bond acceptors (Lipinski definition) is 5. The number of anilines is 1. The molecule has 1 aliphatic heterocycles. The summed E-state index contributed by atoms with van der Waals surface area (Å²) in [5.74, 6) is 0.776. The second-order valence-corrected chi connectivity index (χ2v) is 8.79. The lowest BCUT2D eigenvalue weighted by Crippen LogP contribution is -2.49. The number of rotatable bonds is 3. The molecule has 0 spiro atoms. The van der Waals surface area contributed by atoms with Gasteiger partial charge in [-0.15, -0.1) is 0 Å². The number of carbonyl (C=O) groups excluding carboxylic acids is 1. The minimum atomic E-state index is 0.00495. The van der Waals surface area contributed by atoms with E-state index in [4.69, 9.17) is 10.2 Å². The average molecular weight is 498 g/mol. The van der Waals surface area contributed by atoms with Gasteiger partial charge in [-0.2, -0.15) is 5.26 Å². The predicted octanol–water partition coefficient (Wildman–Crippen LogP) is 4.89. The van der Waals surface area contributed by atoms with Crippen molar-refractivity contribution in [2.75, 3.05) is 31.1 Å². The third-order valence-electron chi connectivity index (χ3n) is 5.85. The van der Waals surface area contributed by atoms with Crippen LogP contribution < -0.4 is 4.90 Å². The van der Waals surface area contributed by atoms with Crippen LogP contribution in [0.15, 0.2) is 77.4 Å². The maximum Gasteiger partial charge on any atom is 0.254 e. The molecule has 0 atom stereocenters. The highest BCUT2D eigenvalue weighted by molar-refractivity contribution is 9.10. The Labute approximate surface area is 200 Å². The summed E-state index contributed by atoms with van der Waals surface area (Å²) in [5.41, 5.74) is 3.79. The van der Waals surface area contributed by atoms with Crippen LogP contribution in [0.4, 0.5) is 5.82 Å². The number of pyridine rings is 2. The van der Waals surface area contributed by atoms with Crippen molar-refractivity contribution in [1.29, 1.82) is 5.26 Å². The lowest BCUT2D eigenvalue weighted by atomic mass is 10.0. The number of piperazine rings is 1. The summed E-state index contributed by atoms with van der Waals surface area (Å²) < 4.78 is 0.996. The normalized spacial score (nSPS) is 13.7. The summed E-state index contributed by atoms with van der Waals surface area (Å²) >= 11 is 3.47. The van der Waals surface area contributed by atoms with Crippen LogP contribution in [0.2, 0.25) is 0 Å². The number of amides is 1. The summed E-state index contributed by atoms with van der Waals surface area (Å²) in [6.45, 7) is 2.50. The van der Waals surface area contributed by atoms with Crippen LogP contribution in [0.25, 0.3) is 22.2 Å². The number of fused-ring (bicyclic) bond motifs is 1. The maximum atomic E-state index is 13.6. The van der Waals surface area contributed by atoms with E-state index in [0.717, 1.165) is 32.5 Å². The van der Waals surface area contributed by atoms with Gasteiger partial charge in [0, 0.05) is 47.8 Å². The van der Waals surface area contributed by atoms with Gasteiger partial charge in [-0.25, -0.2) is 9.97 Å². The Morgan fingerprint density at radius 3 is 2.48 bits per heavy atom.